The maximum absolute atomic E-state index is 12.5. The fourth-order valence-electron chi connectivity index (χ4n) is 2.68. The minimum absolute atomic E-state index is 0.00263. The fraction of sp³-hybridized carbons (Fsp3) is 0.867. The highest BCUT2D eigenvalue weighted by Crippen LogP contribution is 2.28. The van der Waals surface area contributed by atoms with E-state index in [9.17, 15) is 9.59 Å². The van der Waals surface area contributed by atoms with E-state index in [0.717, 1.165) is 45.1 Å². The molecule has 2 N–H and O–H groups in total. The molecule has 1 aliphatic carbocycles. The molecule has 0 heterocycles. The van der Waals surface area contributed by atoms with Crippen molar-refractivity contribution in [2.45, 2.75) is 57.4 Å². The van der Waals surface area contributed by atoms with E-state index in [1.165, 1.54) is 0 Å². The molecule has 5 heteroatoms. The summed E-state index contributed by atoms with van der Waals surface area (Å²) in [5.41, 5.74) is -0.670. The van der Waals surface area contributed by atoms with E-state index in [1.807, 2.05) is 25.9 Å². The molecule has 20 heavy (non-hydrogen) atoms. The zero-order chi connectivity index (χ0) is 15.0. The standard InChI is InChI=1S/C15H29N3O2/c1-4-8-13(19)17-15(9-6-5-7-10-15)14(20)16-11-12-18(2)3/h4-12H2,1-3H3,(H,16,20)(H,17,19). The Kier molecular flexibility index (Phi) is 6.99. The molecular weight excluding hydrogens is 254 g/mol. The first kappa shape index (κ1) is 17.0. The van der Waals surface area contributed by atoms with Gasteiger partial charge in [-0.05, 0) is 33.4 Å². The molecule has 1 saturated carbocycles. The Balaban J connectivity index is 2.62. The van der Waals surface area contributed by atoms with E-state index < -0.39 is 5.54 Å². The van der Waals surface area contributed by atoms with Crippen LogP contribution in [0, 0.1) is 0 Å². The Morgan fingerprint density at radius 3 is 2.35 bits per heavy atom. The number of nitrogens with zero attached hydrogens (tertiary/aromatic N) is 1. The molecule has 0 aromatic heterocycles. The number of carbonyl (C=O) groups excluding carboxylic acids is 2. The number of nitrogens with one attached hydrogen (secondary N) is 2. The zero-order valence-corrected chi connectivity index (χ0v) is 13.1. The van der Waals surface area contributed by atoms with Crippen molar-refractivity contribution >= 4 is 11.8 Å². The second-order valence-electron chi connectivity index (χ2n) is 6.00. The first-order chi connectivity index (χ1) is 9.50. The molecule has 0 unspecified atom stereocenters. The molecule has 0 aliphatic heterocycles. The lowest BCUT2D eigenvalue weighted by molar-refractivity contribution is -0.135. The third-order valence-corrected chi connectivity index (χ3v) is 3.84. The second-order valence-corrected chi connectivity index (χ2v) is 6.00. The quantitative estimate of drug-likeness (QED) is 0.740. The molecule has 0 spiro atoms. The molecular formula is C15H29N3O2. The van der Waals surface area contributed by atoms with E-state index in [1.54, 1.807) is 0 Å². The Morgan fingerprint density at radius 2 is 1.80 bits per heavy atom. The highest BCUT2D eigenvalue weighted by Gasteiger charge is 2.40. The van der Waals surface area contributed by atoms with Gasteiger partial charge in [0.25, 0.3) is 0 Å². The normalized spacial score (nSPS) is 17.8. The van der Waals surface area contributed by atoms with Crippen LogP contribution >= 0.6 is 0 Å². The van der Waals surface area contributed by atoms with Gasteiger partial charge in [0.05, 0.1) is 0 Å². The van der Waals surface area contributed by atoms with Gasteiger partial charge in [0.15, 0.2) is 0 Å². The van der Waals surface area contributed by atoms with Crippen molar-refractivity contribution in [3.05, 3.63) is 0 Å². The SMILES string of the molecule is CCCC(=O)NC1(C(=O)NCCN(C)C)CCCCC1. The fourth-order valence-corrected chi connectivity index (χ4v) is 2.68. The van der Waals surface area contributed by atoms with Crippen molar-refractivity contribution in [3.8, 4) is 0 Å². The van der Waals surface area contributed by atoms with Gasteiger partial charge in [0.2, 0.25) is 11.8 Å². The van der Waals surface area contributed by atoms with E-state index in [4.69, 9.17) is 0 Å². The van der Waals surface area contributed by atoms with Gasteiger partial charge in [-0.15, -0.1) is 0 Å². The average Bonchev–Trinajstić information content (AvgIpc) is 2.39. The minimum Gasteiger partial charge on any atom is -0.353 e. The predicted octanol–water partition coefficient (Wildman–Crippen LogP) is 1.28. The molecule has 2 amide bonds. The molecule has 1 rings (SSSR count). The van der Waals surface area contributed by atoms with Crippen molar-refractivity contribution in [1.82, 2.24) is 15.5 Å². The molecule has 0 aromatic carbocycles. The summed E-state index contributed by atoms with van der Waals surface area (Å²) >= 11 is 0. The van der Waals surface area contributed by atoms with Crippen molar-refractivity contribution in [1.29, 1.82) is 0 Å². The predicted molar refractivity (Wildman–Crippen MR) is 80.4 cm³/mol. The van der Waals surface area contributed by atoms with E-state index in [-0.39, 0.29) is 11.8 Å². The summed E-state index contributed by atoms with van der Waals surface area (Å²) in [5.74, 6) is -0.0133. The summed E-state index contributed by atoms with van der Waals surface area (Å²) < 4.78 is 0. The van der Waals surface area contributed by atoms with E-state index in [0.29, 0.717) is 13.0 Å². The van der Waals surface area contributed by atoms with Crippen LogP contribution in [0.1, 0.15) is 51.9 Å². The maximum atomic E-state index is 12.5. The van der Waals surface area contributed by atoms with Crippen LogP contribution in [0.25, 0.3) is 0 Å². The summed E-state index contributed by atoms with van der Waals surface area (Å²) in [6, 6.07) is 0. The van der Waals surface area contributed by atoms with Gasteiger partial charge in [-0.2, -0.15) is 0 Å². The molecule has 0 atom stereocenters. The topological polar surface area (TPSA) is 61.4 Å². The van der Waals surface area contributed by atoms with E-state index >= 15 is 0 Å². The molecule has 0 radical (unpaired) electrons. The second kappa shape index (κ2) is 8.25. The first-order valence-corrected chi connectivity index (χ1v) is 7.74. The van der Waals surface area contributed by atoms with Crippen LogP contribution in [0.4, 0.5) is 0 Å². The highest BCUT2D eigenvalue weighted by molar-refractivity contribution is 5.91. The lowest BCUT2D eigenvalue weighted by Gasteiger charge is -2.36. The minimum atomic E-state index is -0.670. The van der Waals surface area contributed by atoms with Crippen LogP contribution in [0.5, 0.6) is 0 Å². The molecule has 116 valence electrons. The highest BCUT2D eigenvalue weighted by atomic mass is 16.2. The van der Waals surface area contributed by atoms with Gasteiger partial charge in [-0.1, -0.05) is 26.2 Å². The van der Waals surface area contributed by atoms with Crippen LogP contribution in [-0.4, -0.2) is 49.4 Å². The van der Waals surface area contributed by atoms with Gasteiger partial charge >= 0.3 is 0 Å². The Hall–Kier alpha value is -1.10. The van der Waals surface area contributed by atoms with Gasteiger partial charge in [-0.3, -0.25) is 9.59 Å². The summed E-state index contributed by atoms with van der Waals surface area (Å²) in [7, 11) is 3.96. The summed E-state index contributed by atoms with van der Waals surface area (Å²) in [5, 5.41) is 5.98. The molecule has 1 aliphatic rings. The van der Waals surface area contributed by atoms with E-state index in [2.05, 4.69) is 10.6 Å². The molecule has 5 nitrogen and oxygen atoms in total. The number of hydrogen-bond donors (Lipinski definition) is 2. The summed E-state index contributed by atoms with van der Waals surface area (Å²) in [6.45, 7) is 3.41. The molecule has 0 saturated heterocycles. The van der Waals surface area contributed by atoms with Crippen LogP contribution in [0.2, 0.25) is 0 Å². The summed E-state index contributed by atoms with van der Waals surface area (Å²) in [4.78, 5) is 26.4. The molecule has 0 aromatic rings. The average molecular weight is 283 g/mol. The Bertz CT molecular complexity index is 323. The third kappa shape index (κ3) is 5.12. The molecule has 1 fully saturated rings. The zero-order valence-electron chi connectivity index (χ0n) is 13.1. The Labute approximate surface area is 122 Å². The number of likely N-dealkylation sites (N-methyl/N-ethyl adjacent to an activating group) is 1. The smallest absolute Gasteiger partial charge is 0.245 e. The van der Waals surface area contributed by atoms with Crippen LogP contribution < -0.4 is 10.6 Å². The molecule has 0 bridgehead atoms. The Morgan fingerprint density at radius 1 is 1.15 bits per heavy atom. The number of rotatable bonds is 7. The maximum Gasteiger partial charge on any atom is 0.245 e. The van der Waals surface area contributed by atoms with Gasteiger partial charge in [-0.25, -0.2) is 0 Å². The van der Waals surface area contributed by atoms with Gasteiger partial charge in [0, 0.05) is 19.5 Å². The third-order valence-electron chi connectivity index (χ3n) is 3.84. The van der Waals surface area contributed by atoms with Crippen molar-refractivity contribution in [2.24, 2.45) is 0 Å². The first-order valence-electron chi connectivity index (χ1n) is 7.74. The monoisotopic (exact) mass is 283 g/mol. The number of hydrogen-bond acceptors (Lipinski definition) is 3. The van der Waals surface area contributed by atoms with Crippen molar-refractivity contribution < 1.29 is 9.59 Å². The lowest BCUT2D eigenvalue weighted by atomic mass is 9.80. The lowest BCUT2D eigenvalue weighted by Crippen LogP contribution is -2.60. The van der Waals surface area contributed by atoms with Crippen LogP contribution in [-0.2, 0) is 9.59 Å². The van der Waals surface area contributed by atoms with Crippen molar-refractivity contribution in [2.75, 3.05) is 27.2 Å². The van der Waals surface area contributed by atoms with Crippen LogP contribution in [0.3, 0.4) is 0 Å². The van der Waals surface area contributed by atoms with Crippen LogP contribution in [0.15, 0.2) is 0 Å². The number of carbonyl (C=O) groups is 2. The largest absolute Gasteiger partial charge is 0.353 e. The van der Waals surface area contributed by atoms with Gasteiger partial charge < -0.3 is 15.5 Å². The summed E-state index contributed by atoms with van der Waals surface area (Å²) in [6.07, 6.45) is 5.99. The van der Waals surface area contributed by atoms with Gasteiger partial charge in [0.1, 0.15) is 5.54 Å². The van der Waals surface area contributed by atoms with Crippen molar-refractivity contribution in [3.63, 3.8) is 0 Å². The number of amides is 2.